The number of rotatable bonds is 4. The number of carbonyl (C=O) groups is 1. The largest absolute Gasteiger partial charge is 0.481 e. The minimum Gasteiger partial charge on any atom is -0.481 e. The summed E-state index contributed by atoms with van der Waals surface area (Å²) in [6.07, 6.45) is 2.74. The third-order valence-electron chi connectivity index (χ3n) is 2.53. The van der Waals surface area contributed by atoms with Crippen molar-refractivity contribution in [2.24, 2.45) is 0 Å². The molecule has 0 atom stereocenters. The number of fused-ring (bicyclic) bond motifs is 1. The Balaban J connectivity index is 2.21. The Labute approximate surface area is 98.3 Å². The van der Waals surface area contributed by atoms with Crippen LogP contribution in [0, 0.1) is 0 Å². The fraction of sp³-hybridized carbons (Fsp3) is 0.250. The SMILES string of the molecule is O=C(O)CCCn1ccc2cccc(Cl)c21. The molecule has 0 aliphatic heterocycles. The van der Waals surface area contributed by atoms with Crippen LogP contribution in [0.3, 0.4) is 0 Å². The molecule has 1 N–H and O–H groups in total. The Kier molecular flexibility index (Phi) is 3.15. The van der Waals surface area contributed by atoms with Crippen LogP contribution in [-0.2, 0) is 11.3 Å². The van der Waals surface area contributed by atoms with Gasteiger partial charge in [-0.3, -0.25) is 4.79 Å². The zero-order valence-electron chi connectivity index (χ0n) is 8.69. The van der Waals surface area contributed by atoms with Crippen molar-refractivity contribution in [2.45, 2.75) is 19.4 Å². The third-order valence-corrected chi connectivity index (χ3v) is 2.83. The van der Waals surface area contributed by atoms with Crippen LogP contribution in [-0.4, -0.2) is 15.6 Å². The quantitative estimate of drug-likeness (QED) is 0.888. The van der Waals surface area contributed by atoms with E-state index in [0.717, 1.165) is 10.9 Å². The lowest BCUT2D eigenvalue weighted by atomic mass is 10.2. The first-order chi connectivity index (χ1) is 7.68. The van der Waals surface area contributed by atoms with Crippen LogP contribution in [0.25, 0.3) is 10.9 Å². The van der Waals surface area contributed by atoms with Crippen LogP contribution in [0.15, 0.2) is 30.5 Å². The maximum atomic E-state index is 10.4. The Bertz CT molecular complexity index is 519. The minimum absolute atomic E-state index is 0.185. The molecule has 3 nitrogen and oxygen atoms in total. The predicted molar refractivity (Wildman–Crippen MR) is 63.8 cm³/mol. The van der Waals surface area contributed by atoms with Crippen LogP contribution in [0.1, 0.15) is 12.8 Å². The molecule has 1 aromatic carbocycles. The number of carboxylic acids is 1. The highest BCUT2D eigenvalue weighted by Crippen LogP contribution is 2.24. The maximum Gasteiger partial charge on any atom is 0.303 e. The Morgan fingerprint density at radius 2 is 2.19 bits per heavy atom. The molecule has 0 saturated carbocycles. The van der Waals surface area contributed by atoms with Gasteiger partial charge >= 0.3 is 5.97 Å². The monoisotopic (exact) mass is 237 g/mol. The number of para-hydroxylation sites is 1. The van der Waals surface area contributed by atoms with Crippen molar-refractivity contribution >= 4 is 28.5 Å². The van der Waals surface area contributed by atoms with Gasteiger partial charge in [0.05, 0.1) is 10.5 Å². The summed E-state index contributed by atoms with van der Waals surface area (Å²) in [5, 5.41) is 10.4. The lowest BCUT2D eigenvalue weighted by molar-refractivity contribution is -0.137. The summed E-state index contributed by atoms with van der Waals surface area (Å²) < 4.78 is 2.00. The lowest BCUT2D eigenvalue weighted by Gasteiger charge is -2.05. The van der Waals surface area contributed by atoms with Gasteiger partial charge in [-0.1, -0.05) is 23.7 Å². The van der Waals surface area contributed by atoms with Crippen molar-refractivity contribution in [1.82, 2.24) is 4.57 Å². The third kappa shape index (κ3) is 2.19. The lowest BCUT2D eigenvalue weighted by Crippen LogP contribution is -2.00. The first-order valence-corrected chi connectivity index (χ1v) is 5.51. The van der Waals surface area contributed by atoms with Crippen LogP contribution >= 0.6 is 11.6 Å². The molecule has 0 aliphatic rings. The van der Waals surface area contributed by atoms with E-state index in [2.05, 4.69) is 0 Å². The van der Waals surface area contributed by atoms with E-state index in [1.807, 2.05) is 35.0 Å². The summed E-state index contributed by atoms with van der Waals surface area (Å²) in [5.41, 5.74) is 0.981. The minimum atomic E-state index is -0.762. The molecule has 84 valence electrons. The summed E-state index contributed by atoms with van der Waals surface area (Å²) in [6.45, 7) is 0.680. The Morgan fingerprint density at radius 3 is 2.94 bits per heavy atom. The number of benzene rings is 1. The van der Waals surface area contributed by atoms with Crippen LogP contribution in [0.4, 0.5) is 0 Å². The fourth-order valence-electron chi connectivity index (χ4n) is 1.80. The van der Waals surface area contributed by atoms with Crippen LogP contribution < -0.4 is 0 Å². The Hall–Kier alpha value is -1.48. The number of aromatic nitrogens is 1. The van der Waals surface area contributed by atoms with Gasteiger partial charge in [-0.15, -0.1) is 0 Å². The molecular formula is C12H12ClNO2. The van der Waals surface area contributed by atoms with Crippen LogP contribution in [0.2, 0.25) is 5.02 Å². The van der Waals surface area contributed by atoms with E-state index in [4.69, 9.17) is 16.7 Å². The summed E-state index contributed by atoms with van der Waals surface area (Å²) in [4.78, 5) is 10.4. The van der Waals surface area contributed by atoms with Gasteiger partial charge in [0, 0.05) is 24.5 Å². The molecule has 0 spiro atoms. The molecule has 16 heavy (non-hydrogen) atoms. The summed E-state index contributed by atoms with van der Waals surface area (Å²) in [7, 11) is 0. The number of halogens is 1. The molecule has 1 aromatic heterocycles. The van der Waals surface area contributed by atoms with E-state index in [1.54, 1.807) is 0 Å². The van der Waals surface area contributed by atoms with Gasteiger partial charge in [0.1, 0.15) is 0 Å². The second-order valence-electron chi connectivity index (χ2n) is 3.68. The first kappa shape index (κ1) is 11.0. The average molecular weight is 238 g/mol. The smallest absolute Gasteiger partial charge is 0.303 e. The molecule has 0 bridgehead atoms. The average Bonchev–Trinajstić information content (AvgIpc) is 2.62. The number of nitrogens with zero attached hydrogens (tertiary/aromatic N) is 1. The van der Waals surface area contributed by atoms with Gasteiger partial charge in [-0.05, 0) is 18.6 Å². The zero-order chi connectivity index (χ0) is 11.5. The van der Waals surface area contributed by atoms with Crippen molar-refractivity contribution in [2.75, 3.05) is 0 Å². The molecule has 0 fully saturated rings. The molecule has 0 unspecified atom stereocenters. The summed E-state index contributed by atoms with van der Waals surface area (Å²) in [5.74, 6) is -0.762. The molecule has 0 radical (unpaired) electrons. The van der Waals surface area contributed by atoms with Crippen molar-refractivity contribution in [3.05, 3.63) is 35.5 Å². The standard InChI is InChI=1S/C12H12ClNO2/c13-10-4-1-3-9-6-8-14(12(9)10)7-2-5-11(15)16/h1,3-4,6,8H,2,5,7H2,(H,15,16). The molecule has 0 aliphatic carbocycles. The summed E-state index contributed by atoms with van der Waals surface area (Å²) >= 11 is 6.11. The number of aliphatic carboxylic acids is 1. The number of hydrogen-bond acceptors (Lipinski definition) is 1. The van der Waals surface area contributed by atoms with Crippen molar-refractivity contribution in [1.29, 1.82) is 0 Å². The molecule has 0 amide bonds. The van der Waals surface area contributed by atoms with Crippen LogP contribution in [0.5, 0.6) is 0 Å². The van der Waals surface area contributed by atoms with Crippen molar-refractivity contribution in [3.63, 3.8) is 0 Å². The normalized spacial score (nSPS) is 10.8. The van der Waals surface area contributed by atoms with Crippen molar-refractivity contribution < 1.29 is 9.90 Å². The molecule has 1 heterocycles. The second-order valence-corrected chi connectivity index (χ2v) is 4.09. The predicted octanol–water partition coefficient (Wildman–Crippen LogP) is 3.16. The Morgan fingerprint density at radius 1 is 1.38 bits per heavy atom. The van der Waals surface area contributed by atoms with E-state index < -0.39 is 5.97 Å². The molecule has 2 aromatic rings. The van der Waals surface area contributed by atoms with E-state index in [1.165, 1.54) is 0 Å². The van der Waals surface area contributed by atoms with Crippen molar-refractivity contribution in [3.8, 4) is 0 Å². The highest BCUT2D eigenvalue weighted by molar-refractivity contribution is 6.35. The van der Waals surface area contributed by atoms with Gasteiger partial charge in [0.2, 0.25) is 0 Å². The number of carboxylic acid groups (broad SMARTS) is 1. The molecule has 0 saturated heterocycles. The van der Waals surface area contributed by atoms with E-state index >= 15 is 0 Å². The van der Waals surface area contributed by atoms with Gasteiger partial charge in [0.25, 0.3) is 0 Å². The topological polar surface area (TPSA) is 42.2 Å². The van der Waals surface area contributed by atoms with Gasteiger partial charge in [-0.25, -0.2) is 0 Å². The zero-order valence-corrected chi connectivity index (χ0v) is 9.44. The van der Waals surface area contributed by atoms with Gasteiger partial charge in [0.15, 0.2) is 0 Å². The number of aryl methyl sites for hydroxylation is 1. The van der Waals surface area contributed by atoms with E-state index in [-0.39, 0.29) is 6.42 Å². The highest BCUT2D eigenvalue weighted by atomic mass is 35.5. The van der Waals surface area contributed by atoms with Gasteiger partial charge < -0.3 is 9.67 Å². The maximum absolute atomic E-state index is 10.4. The molecule has 4 heteroatoms. The number of hydrogen-bond donors (Lipinski definition) is 1. The first-order valence-electron chi connectivity index (χ1n) is 5.13. The van der Waals surface area contributed by atoms with E-state index in [9.17, 15) is 4.79 Å². The van der Waals surface area contributed by atoms with Gasteiger partial charge in [-0.2, -0.15) is 0 Å². The molecular weight excluding hydrogens is 226 g/mol. The molecule has 2 rings (SSSR count). The summed E-state index contributed by atoms with van der Waals surface area (Å²) in [6, 6.07) is 7.74. The van der Waals surface area contributed by atoms with E-state index in [0.29, 0.717) is 18.0 Å². The highest BCUT2D eigenvalue weighted by Gasteiger charge is 2.05. The fourth-order valence-corrected chi connectivity index (χ4v) is 2.09. The second kappa shape index (κ2) is 4.58.